The molecule has 0 saturated carbocycles. The van der Waals surface area contributed by atoms with Gasteiger partial charge >= 0.3 is 0 Å². The first-order chi connectivity index (χ1) is 12.1. The summed E-state index contributed by atoms with van der Waals surface area (Å²) < 4.78 is 0. The van der Waals surface area contributed by atoms with Crippen molar-refractivity contribution in [2.24, 2.45) is 0 Å². The first-order valence-corrected chi connectivity index (χ1v) is 9.27. The van der Waals surface area contributed by atoms with Gasteiger partial charge in [-0.15, -0.1) is 11.3 Å². The van der Waals surface area contributed by atoms with Gasteiger partial charge in [0.1, 0.15) is 12.1 Å². The van der Waals surface area contributed by atoms with Gasteiger partial charge in [-0.2, -0.15) is 0 Å². The minimum atomic E-state index is -0.504. The van der Waals surface area contributed by atoms with Gasteiger partial charge in [-0.25, -0.2) is 4.98 Å². The van der Waals surface area contributed by atoms with Crippen LogP contribution in [0.15, 0.2) is 24.7 Å². The fourth-order valence-corrected chi connectivity index (χ4v) is 4.48. The van der Waals surface area contributed by atoms with Crippen molar-refractivity contribution in [1.82, 2.24) is 25.1 Å². The third kappa shape index (κ3) is 3.32. The summed E-state index contributed by atoms with van der Waals surface area (Å²) in [7, 11) is 0. The van der Waals surface area contributed by atoms with E-state index in [9.17, 15) is 9.59 Å². The number of nitrogens with zero attached hydrogens (tertiary/aromatic N) is 3. The first kappa shape index (κ1) is 16.3. The van der Waals surface area contributed by atoms with E-state index in [4.69, 9.17) is 0 Å². The van der Waals surface area contributed by atoms with Crippen molar-refractivity contribution >= 4 is 23.2 Å². The van der Waals surface area contributed by atoms with Gasteiger partial charge < -0.3 is 15.2 Å². The quantitative estimate of drug-likeness (QED) is 0.835. The molecule has 2 aromatic heterocycles. The van der Waals surface area contributed by atoms with E-state index in [-0.39, 0.29) is 17.9 Å². The highest BCUT2D eigenvalue weighted by atomic mass is 32.1. The van der Waals surface area contributed by atoms with E-state index < -0.39 is 6.04 Å². The molecular weight excluding hydrogens is 338 g/mol. The normalized spacial score (nSPS) is 24.3. The maximum atomic E-state index is 12.8. The summed E-state index contributed by atoms with van der Waals surface area (Å²) in [6.07, 6.45) is 3.72. The van der Waals surface area contributed by atoms with Gasteiger partial charge in [-0.05, 0) is 19.1 Å². The summed E-state index contributed by atoms with van der Waals surface area (Å²) in [5.41, 5.74) is 0.851. The second-order valence-corrected chi connectivity index (χ2v) is 8.01. The van der Waals surface area contributed by atoms with Gasteiger partial charge in [0, 0.05) is 54.2 Å². The average molecular weight is 359 g/mol. The topological polar surface area (TPSA) is 81.3 Å². The predicted octanol–water partition coefficient (Wildman–Crippen LogP) is 0.534. The Labute approximate surface area is 150 Å². The number of imidazole rings is 1. The largest absolute Gasteiger partial charge is 0.348 e. The number of hydrogen-bond donors (Lipinski definition) is 2. The van der Waals surface area contributed by atoms with Gasteiger partial charge in [-0.3, -0.25) is 14.5 Å². The molecule has 0 radical (unpaired) electrons. The molecule has 4 heterocycles. The van der Waals surface area contributed by atoms with Crippen LogP contribution < -0.4 is 5.32 Å². The molecular formula is C17H21N5O2S. The molecule has 2 aliphatic rings. The number of piperazine rings is 2. The lowest BCUT2D eigenvalue weighted by atomic mass is 10.0. The predicted molar refractivity (Wildman–Crippen MR) is 94.1 cm³/mol. The summed E-state index contributed by atoms with van der Waals surface area (Å²) in [5.74, 6) is -0.0537. The molecule has 2 saturated heterocycles. The molecule has 2 aliphatic heterocycles. The lowest BCUT2D eigenvalue weighted by Gasteiger charge is -2.45. The number of aromatic amines is 1. The molecule has 0 bridgehead atoms. The zero-order chi connectivity index (χ0) is 17.4. The van der Waals surface area contributed by atoms with Crippen LogP contribution in [-0.4, -0.2) is 63.3 Å². The standard InChI is InChI=1S/C17H21N5O2S/c1-11-2-3-13(25-11)8-21-4-5-22-15(9-21)16(23)20-14(17(22)24)6-12-7-18-10-19-12/h2-3,7,10,14-15H,4-6,8-9H2,1H3,(H,18,19)(H,20,23)/t14-,15+/m0/s1. The Bertz CT molecular complexity index is 772. The number of aromatic nitrogens is 2. The Hall–Kier alpha value is -2.19. The number of aryl methyl sites for hydroxylation is 1. The van der Waals surface area contributed by atoms with Gasteiger partial charge in [-0.1, -0.05) is 0 Å². The molecule has 2 atom stereocenters. The van der Waals surface area contributed by atoms with Gasteiger partial charge in [0.15, 0.2) is 0 Å². The highest BCUT2D eigenvalue weighted by molar-refractivity contribution is 7.11. The number of carbonyl (C=O) groups excluding carboxylic acids is 2. The van der Waals surface area contributed by atoms with E-state index in [1.165, 1.54) is 9.75 Å². The Morgan fingerprint density at radius 1 is 1.32 bits per heavy atom. The van der Waals surface area contributed by atoms with Crippen LogP contribution >= 0.6 is 11.3 Å². The minimum absolute atomic E-state index is 0.00539. The summed E-state index contributed by atoms with van der Waals surface area (Å²) >= 11 is 1.78. The van der Waals surface area contributed by atoms with Crippen molar-refractivity contribution < 1.29 is 9.59 Å². The summed E-state index contributed by atoms with van der Waals surface area (Å²) in [6.45, 7) is 4.91. The molecule has 7 nitrogen and oxygen atoms in total. The van der Waals surface area contributed by atoms with Crippen LogP contribution in [0.4, 0.5) is 0 Å². The highest BCUT2D eigenvalue weighted by Crippen LogP contribution is 2.22. The van der Waals surface area contributed by atoms with Gasteiger partial charge in [0.25, 0.3) is 0 Å². The van der Waals surface area contributed by atoms with Crippen LogP contribution in [0.5, 0.6) is 0 Å². The number of nitrogens with one attached hydrogen (secondary N) is 2. The van der Waals surface area contributed by atoms with Crippen LogP contribution in [0.1, 0.15) is 15.4 Å². The molecule has 8 heteroatoms. The first-order valence-electron chi connectivity index (χ1n) is 8.46. The van der Waals surface area contributed by atoms with Crippen LogP contribution in [0.25, 0.3) is 0 Å². The van der Waals surface area contributed by atoms with E-state index >= 15 is 0 Å². The second kappa shape index (κ2) is 6.61. The lowest BCUT2D eigenvalue weighted by molar-refractivity contribution is -0.153. The van der Waals surface area contributed by atoms with Crippen LogP contribution in [0.3, 0.4) is 0 Å². The maximum Gasteiger partial charge on any atom is 0.246 e. The van der Waals surface area contributed by atoms with Gasteiger partial charge in [0.05, 0.1) is 6.33 Å². The Morgan fingerprint density at radius 3 is 2.92 bits per heavy atom. The number of thiophene rings is 1. The zero-order valence-corrected chi connectivity index (χ0v) is 14.9. The fourth-order valence-electron chi connectivity index (χ4n) is 3.55. The number of rotatable bonds is 4. The van der Waals surface area contributed by atoms with Crippen molar-refractivity contribution in [2.45, 2.75) is 32.0 Å². The average Bonchev–Trinajstić information content (AvgIpc) is 3.24. The SMILES string of the molecule is Cc1ccc(CN2CCN3C(=O)[C@H](Cc4cnc[nH]4)NC(=O)[C@H]3C2)s1. The molecule has 4 rings (SSSR count). The number of amides is 2. The smallest absolute Gasteiger partial charge is 0.246 e. The van der Waals surface area contributed by atoms with E-state index in [2.05, 4.69) is 39.2 Å². The molecule has 0 aliphatic carbocycles. The van der Waals surface area contributed by atoms with Crippen molar-refractivity contribution in [3.63, 3.8) is 0 Å². The zero-order valence-electron chi connectivity index (χ0n) is 14.1. The third-order valence-electron chi connectivity index (χ3n) is 4.82. The van der Waals surface area contributed by atoms with E-state index in [1.807, 2.05) is 0 Å². The third-order valence-corrected chi connectivity index (χ3v) is 5.80. The molecule has 0 aromatic carbocycles. The molecule has 2 N–H and O–H groups in total. The van der Waals surface area contributed by atoms with Crippen LogP contribution in [-0.2, 0) is 22.6 Å². The molecule has 2 fully saturated rings. The maximum absolute atomic E-state index is 12.8. The molecule has 25 heavy (non-hydrogen) atoms. The number of hydrogen-bond acceptors (Lipinski definition) is 5. The Morgan fingerprint density at radius 2 is 2.20 bits per heavy atom. The molecule has 0 spiro atoms. The summed E-state index contributed by atoms with van der Waals surface area (Å²) in [4.78, 5) is 38.9. The number of fused-ring (bicyclic) bond motifs is 1. The second-order valence-electron chi connectivity index (χ2n) is 6.64. The fraction of sp³-hybridized carbons (Fsp3) is 0.471. The Kier molecular flexibility index (Phi) is 4.30. The molecule has 2 amide bonds. The molecule has 2 aromatic rings. The van der Waals surface area contributed by atoms with Crippen molar-refractivity contribution in [1.29, 1.82) is 0 Å². The van der Waals surface area contributed by atoms with Crippen LogP contribution in [0, 0.1) is 6.92 Å². The summed E-state index contributed by atoms with van der Waals surface area (Å²) in [5, 5.41) is 2.89. The van der Waals surface area contributed by atoms with Crippen molar-refractivity contribution in [3.05, 3.63) is 40.1 Å². The monoisotopic (exact) mass is 359 g/mol. The highest BCUT2D eigenvalue weighted by Gasteiger charge is 2.43. The number of H-pyrrole nitrogens is 1. The minimum Gasteiger partial charge on any atom is -0.348 e. The van der Waals surface area contributed by atoms with E-state index in [1.54, 1.807) is 28.8 Å². The summed E-state index contributed by atoms with van der Waals surface area (Å²) in [6, 6.07) is 3.36. The lowest BCUT2D eigenvalue weighted by Crippen LogP contribution is -2.69. The number of carbonyl (C=O) groups is 2. The van der Waals surface area contributed by atoms with Crippen LogP contribution in [0.2, 0.25) is 0 Å². The van der Waals surface area contributed by atoms with E-state index in [0.29, 0.717) is 19.5 Å². The molecule has 132 valence electrons. The molecule has 0 unspecified atom stereocenters. The van der Waals surface area contributed by atoms with Crippen molar-refractivity contribution in [2.75, 3.05) is 19.6 Å². The van der Waals surface area contributed by atoms with Gasteiger partial charge in [0.2, 0.25) is 11.8 Å². The Balaban J connectivity index is 1.42. The van der Waals surface area contributed by atoms with E-state index in [0.717, 1.165) is 18.8 Å². The van der Waals surface area contributed by atoms with Crippen molar-refractivity contribution in [3.8, 4) is 0 Å².